The highest BCUT2D eigenvalue weighted by atomic mass is 19.3. The van der Waals surface area contributed by atoms with Crippen LogP contribution in [0.1, 0.15) is 47.2 Å². The van der Waals surface area contributed by atoms with E-state index in [0.717, 1.165) is 35.1 Å². The first-order chi connectivity index (χ1) is 20.3. The van der Waals surface area contributed by atoms with Crippen molar-refractivity contribution in [3.8, 4) is 17.3 Å². The summed E-state index contributed by atoms with van der Waals surface area (Å²) in [6.07, 6.45) is 6.39. The van der Waals surface area contributed by atoms with E-state index in [-0.39, 0.29) is 17.5 Å². The average molecular weight is 574 g/mol. The van der Waals surface area contributed by atoms with Gasteiger partial charge in [-0.15, -0.1) is 0 Å². The molecule has 1 saturated heterocycles. The van der Waals surface area contributed by atoms with Crippen molar-refractivity contribution in [2.75, 3.05) is 40.3 Å². The highest BCUT2D eigenvalue weighted by molar-refractivity contribution is 5.94. The molecule has 1 aliphatic heterocycles. The summed E-state index contributed by atoms with van der Waals surface area (Å²) < 4.78 is 29.0. The average Bonchev–Trinajstić information content (AvgIpc) is 3.64. The number of amides is 1. The number of H-pyrrole nitrogens is 1. The van der Waals surface area contributed by atoms with Crippen LogP contribution in [0.2, 0.25) is 0 Å². The Balaban J connectivity index is 1.11. The van der Waals surface area contributed by atoms with Crippen LogP contribution in [0.4, 0.5) is 8.78 Å². The molecule has 0 atom stereocenters. The summed E-state index contributed by atoms with van der Waals surface area (Å²) in [7, 11) is 3.73. The third-order valence-electron chi connectivity index (χ3n) is 8.47. The first-order valence-corrected chi connectivity index (χ1v) is 14.1. The van der Waals surface area contributed by atoms with Crippen molar-refractivity contribution in [1.82, 2.24) is 39.4 Å². The number of aromatic amines is 1. The molecule has 2 fully saturated rings. The summed E-state index contributed by atoms with van der Waals surface area (Å²) >= 11 is 0. The Kier molecular flexibility index (Phi) is 7.47. The molecule has 1 N–H and O–H groups in total. The molecule has 12 heteroatoms. The fourth-order valence-corrected chi connectivity index (χ4v) is 6.34. The number of aromatic nitrogens is 5. The van der Waals surface area contributed by atoms with E-state index in [4.69, 9.17) is 0 Å². The fourth-order valence-electron chi connectivity index (χ4n) is 6.34. The van der Waals surface area contributed by atoms with Crippen LogP contribution in [0.25, 0.3) is 22.3 Å². The molecular weight excluding hydrogens is 540 g/mol. The Labute approximate surface area is 242 Å². The number of piperazine rings is 1. The van der Waals surface area contributed by atoms with Crippen molar-refractivity contribution in [3.05, 3.63) is 65.9 Å². The molecule has 0 spiro atoms. The number of halogens is 2. The molecule has 3 aromatic heterocycles. The van der Waals surface area contributed by atoms with Crippen molar-refractivity contribution in [1.29, 1.82) is 5.26 Å². The van der Waals surface area contributed by atoms with Crippen LogP contribution < -0.4 is 0 Å². The zero-order chi connectivity index (χ0) is 29.4. The molecule has 1 saturated carbocycles. The lowest BCUT2D eigenvalue weighted by Crippen LogP contribution is -2.60. The second-order valence-electron chi connectivity index (χ2n) is 11.6. The summed E-state index contributed by atoms with van der Waals surface area (Å²) in [6.45, 7) is 2.90. The Morgan fingerprint density at radius 3 is 2.69 bits per heavy atom. The number of nitrogens with one attached hydrogen (secondary N) is 1. The molecule has 4 aromatic rings. The molecule has 0 unspecified atom stereocenters. The van der Waals surface area contributed by atoms with Gasteiger partial charge in [0.2, 0.25) is 0 Å². The highest BCUT2D eigenvalue weighted by Gasteiger charge is 2.49. The lowest BCUT2D eigenvalue weighted by molar-refractivity contribution is -0.0158. The fraction of sp³-hybridized carbons (Fsp3) is 0.433. The molecule has 10 nitrogen and oxygen atoms in total. The maximum Gasteiger partial charge on any atom is 0.263 e. The summed E-state index contributed by atoms with van der Waals surface area (Å²) in [5.74, 6) is -0.213. The second kappa shape index (κ2) is 11.2. The third kappa shape index (κ3) is 5.26. The van der Waals surface area contributed by atoms with Crippen molar-refractivity contribution in [2.24, 2.45) is 0 Å². The number of alkyl halides is 2. The van der Waals surface area contributed by atoms with Gasteiger partial charge in [-0.25, -0.2) is 18.7 Å². The van der Waals surface area contributed by atoms with Crippen molar-refractivity contribution in [3.63, 3.8) is 0 Å². The number of hydrogen-bond acceptors (Lipinski definition) is 7. The predicted octanol–water partition coefficient (Wildman–Crippen LogP) is 4.05. The van der Waals surface area contributed by atoms with Gasteiger partial charge in [-0.2, -0.15) is 10.4 Å². The summed E-state index contributed by atoms with van der Waals surface area (Å²) in [4.78, 5) is 31.2. The molecule has 42 heavy (non-hydrogen) atoms. The highest BCUT2D eigenvalue weighted by Crippen LogP contribution is 2.45. The quantitative estimate of drug-likeness (QED) is 0.339. The van der Waals surface area contributed by atoms with Crippen molar-refractivity contribution >= 4 is 16.9 Å². The van der Waals surface area contributed by atoms with E-state index in [1.165, 1.54) is 18.5 Å². The van der Waals surface area contributed by atoms with Crippen molar-refractivity contribution < 1.29 is 13.6 Å². The van der Waals surface area contributed by atoms with E-state index in [1.54, 1.807) is 17.2 Å². The third-order valence-corrected chi connectivity index (χ3v) is 8.47. The molecule has 1 aliphatic carbocycles. The van der Waals surface area contributed by atoms with E-state index in [1.807, 2.05) is 42.1 Å². The topological polar surface area (TPSA) is 110 Å². The van der Waals surface area contributed by atoms with Gasteiger partial charge in [0.05, 0.1) is 29.9 Å². The van der Waals surface area contributed by atoms with Gasteiger partial charge in [0.25, 0.3) is 12.3 Å². The number of carbonyl (C=O) groups is 1. The van der Waals surface area contributed by atoms with Gasteiger partial charge in [-0.1, -0.05) is 0 Å². The van der Waals surface area contributed by atoms with Gasteiger partial charge in [-0.05, 0) is 56.8 Å². The van der Waals surface area contributed by atoms with Crippen molar-refractivity contribution in [2.45, 2.75) is 43.8 Å². The van der Waals surface area contributed by atoms with E-state index in [0.29, 0.717) is 50.3 Å². The monoisotopic (exact) mass is 573 g/mol. The molecule has 2 aliphatic rings. The van der Waals surface area contributed by atoms with Gasteiger partial charge >= 0.3 is 0 Å². The molecule has 0 bridgehead atoms. The maximum absolute atomic E-state index is 13.6. The predicted molar refractivity (Wildman–Crippen MR) is 153 cm³/mol. The van der Waals surface area contributed by atoms with Crippen LogP contribution in [-0.4, -0.2) is 91.7 Å². The molecule has 1 aromatic carbocycles. The molecule has 1 amide bonds. The normalized spacial score (nSPS) is 21.2. The molecule has 0 radical (unpaired) electrons. The van der Waals surface area contributed by atoms with E-state index in [9.17, 15) is 18.8 Å². The minimum absolute atomic E-state index is 0.126. The number of nitriles is 1. The number of benzene rings is 1. The standard InChI is InChI=1S/C30H33F2N9O/c1-38(2)17-20-11-21(27(31)32)13-22(12-20)29(42)40-9-7-39(8-10-40)24-14-30(15-24,4-5-33)41-18-23(16-37-41)26-25-3-6-34-28(25)36-19-35-26/h3,6,11-13,16,18-19,24,27H,4,7-10,14-15,17H2,1-2H3,(H,34,35,36)/t24-,30-. The van der Waals surface area contributed by atoms with Crippen LogP contribution in [0.3, 0.4) is 0 Å². The zero-order valence-corrected chi connectivity index (χ0v) is 23.7. The molecule has 218 valence electrons. The number of nitrogens with zero attached hydrogens (tertiary/aromatic N) is 8. The Hall–Kier alpha value is -4.21. The number of hydrogen-bond donors (Lipinski definition) is 1. The number of rotatable bonds is 8. The van der Waals surface area contributed by atoms with Crippen LogP contribution >= 0.6 is 0 Å². The smallest absolute Gasteiger partial charge is 0.263 e. The maximum atomic E-state index is 13.6. The Bertz CT molecular complexity index is 1620. The molecule has 4 heterocycles. The van der Waals surface area contributed by atoms with Crippen LogP contribution in [0.5, 0.6) is 0 Å². The van der Waals surface area contributed by atoms with Crippen LogP contribution in [0.15, 0.2) is 49.2 Å². The van der Waals surface area contributed by atoms with Gasteiger partial charge in [0.15, 0.2) is 0 Å². The summed E-state index contributed by atoms with van der Waals surface area (Å²) in [5.41, 5.74) is 2.92. The minimum Gasteiger partial charge on any atom is -0.346 e. The van der Waals surface area contributed by atoms with Crippen LogP contribution in [-0.2, 0) is 12.1 Å². The van der Waals surface area contributed by atoms with Gasteiger partial charge in [0.1, 0.15) is 12.0 Å². The lowest BCUT2D eigenvalue weighted by atomic mass is 9.70. The van der Waals surface area contributed by atoms with Gasteiger partial charge in [0, 0.05) is 73.2 Å². The Morgan fingerprint density at radius 1 is 1.19 bits per heavy atom. The summed E-state index contributed by atoms with van der Waals surface area (Å²) in [5, 5.41) is 15.2. The van der Waals surface area contributed by atoms with Gasteiger partial charge < -0.3 is 14.8 Å². The van der Waals surface area contributed by atoms with E-state index >= 15 is 0 Å². The minimum atomic E-state index is -2.63. The SMILES string of the molecule is CN(C)Cc1cc(C(=O)N2CCN([C@H]3C[C@](CC#N)(n4cc(-c5ncnc6[nH]ccc56)cn4)C3)CC2)cc(C(F)F)c1. The molecule has 6 rings (SSSR count). The van der Waals surface area contributed by atoms with E-state index < -0.39 is 12.0 Å². The first kappa shape index (κ1) is 27.9. The number of carbonyl (C=O) groups excluding carboxylic acids is 1. The largest absolute Gasteiger partial charge is 0.346 e. The Morgan fingerprint density at radius 2 is 1.98 bits per heavy atom. The summed E-state index contributed by atoms with van der Waals surface area (Å²) in [6, 6.07) is 9.09. The van der Waals surface area contributed by atoms with Crippen LogP contribution in [0, 0.1) is 11.3 Å². The van der Waals surface area contributed by atoms with E-state index in [2.05, 4.69) is 31.0 Å². The van der Waals surface area contributed by atoms with Gasteiger partial charge in [-0.3, -0.25) is 14.4 Å². The zero-order valence-electron chi connectivity index (χ0n) is 23.7. The second-order valence-corrected chi connectivity index (χ2v) is 11.6. The lowest BCUT2D eigenvalue weighted by Gasteiger charge is -2.52. The molecular formula is C30H33F2N9O. The number of fused-ring (bicyclic) bond motifs is 1. The first-order valence-electron chi connectivity index (χ1n) is 14.1.